The summed E-state index contributed by atoms with van der Waals surface area (Å²) in [6, 6.07) is 4.31. The molecular formula is C14H23O+. The molecule has 0 N–H and O–H groups in total. The number of rotatable bonds is 4. The first-order valence-corrected chi connectivity index (χ1v) is 5.90. The second kappa shape index (κ2) is 5.29. The van der Waals surface area contributed by atoms with Gasteiger partial charge in [-0.05, 0) is 24.3 Å². The number of aryl methyl sites for hydroxylation is 1. The predicted molar refractivity (Wildman–Crippen MR) is 64.9 cm³/mol. The minimum absolute atomic E-state index is 0.655. The van der Waals surface area contributed by atoms with Crippen molar-refractivity contribution in [2.24, 2.45) is 11.8 Å². The topological polar surface area (TPSA) is 11.3 Å². The Bertz CT molecular complexity index is 285. The highest BCUT2D eigenvalue weighted by Crippen LogP contribution is 2.16. The second-order valence-electron chi connectivity index (χ2n) is 5.26. The first-order valence-electron chi connectivity index (χ1n) is 5.90. The lowest BCUT2D eigenvalue weighted by Gasteiger charge is -2.00. The van der Waals surface area contributed by atoms with E-state index in [4.69, 9.17) is 4.42 Å². The van der Waals surface area contributed by atoms with Crippen molar-refractivity contribution >= 4 is 0 Å². The normalized spacial score (nSPS) is 11.4. The van der Waals surface area contributed by atoms with Gasteiger partial charge >= 0.3 is 11.5 Å². The highest BCUT2D eigenvalue weighted by molar-refractivity contribution is 5.17. The lowest BCUT2D eigenvalue weighted by molar-refractivity contribution is 0.404. The minimum Gasteiger partial charge on any atom is -0.218 e. The Balaban J connectivity index is 2.84. The Labute approximate surface area is 93.5 Å². The summed E-state index contributed by atoms with van der Waals surface area (Å²) in [6.07, 6.45) is 2.07. The van der Waals surface area contributed by atoms with Crippen molar-refractivity contribution < 1.29 is 4.42 Å². The summed E-state index contributed by atoms with van der Waals surface area (Å²) in [7, 11) is 0. The van der Waals surface area contributed by atoms with E-state index in [1.54, 1.807) is 0 Å². The Kier molecular flexibility index (Phi) is 4.31. The van der Waals surface area contributed by atoms with E-state index in [-0.39, 0.29) is 0 Å². The van der Waals surface area contributed by atoms with Gasteiger partial charge in [0.15, 0.2) is 0 Å². The van der Waals surface area contributed by atoms with Crippen LogP contribution in [0.1, 0.15) is 44.8 Å². The molecule has 0 spiro atoms. The van der Waals surface area contributed by atoms with Crippen molar-refractivity contribution in [2.75, 3.05) is 0 Å². The first-order chi connectivity index (χ1) is 6.97. The van der Waals surface area contributed by atoms with Crippen molar-refractivity contribution in [1.29, 1.82) is 0 Å². The molecule has 0 aliphatic carbocycles. The van der Waals surface area contributed by atoms with Gasteiger partial charge in [0, 0.05) is 12.1 Å². The third-order valence-corrected chi connectivity index (χ3v) is 2.26. The van der Waals surface area contributed by atoms with E-state index >= 15 is 0 Å². The largest absolute Gasteiger partial charge is 0.329 e. The molecular weight excluding hydrogens is 184 g/mol. The van der Waals surface area contributed by atoms with Crippen LogP contribution in [0.5, 0.6) is 0 Å². The van der Waals surface area contributed by atoms with Crippen LogP contribution in [0.4, 0.5) is 0 Å². The predicted octanol–water partition coefficient (Wildman–Crippen LogP) is 4.27. The van der Waals surface area contributed by atoms with E-state index in [0.29, 0.717) is 11.8 Å². The molecule has 84 valence electrons. The summed E-state index contributed by atoms with van der Waals surface area (Å²) in [5, 5.41) is 0. The van der Waals surface area contributed by atoms with Gasteiger partial charge in [0.2, 0.25) is 0 Å². The van der Waals surface area contributed by atoms with Crippen LogP contribution in [0.15, 0.2) is 16.5 Å². The zero-order valence-corrected chi connectivity index (χ0v) is 10.6. The molecule has 0 radical (unpaired) electrons. The molecule has 1 heteroatoms. The van der Waals surface area contributed by atoms with E-state index in [1.807, 2.05) is 0 Å². The summed E-state index contributed by atoms with van der Waals surface area (Å²) in [4.78, 5) is 0. The zero-order valence-electron chi connectivity index (χ0n) is 10.6. The van der Waals surface area contributed by atoms with E-state index in [1.165, 1.54) is 5.56 Å². The van der Waals surface area contributed by atoms with Crippen LogP contribution in [0, 0.1) is 18.8 Å². The van der Waals surface area contributed by atoms with Gasteiger partial charge in [0.25, 0.3) is 0 Å². The molecule has 0 aliphatic heterocycles. The van der Waals surface area contributed by atoms with Crippen molar-refractivity contribution in [3.8, 4) is 0 Å². The summed E-state index contributed by atoms with van der Waals surface area (Å²) in [5.41, 5.74) is 1.31. The number of hydrogen-bond donors (Lipinski definition) is 0. The van der Waals surface area contributed by atoms with Gasteiger partial charge in [-0.15, -0.1) is 0 Å². The molecule has 0 bridgehead atoms. The van der Waals surface area contributed by atoms with E-state index in [2.05, 4.69) is 46.8 Å². The van der Waals surface area contributed by atoms with Crippen molar-refractivity contribution in [1.82, 2.24) is 0 Å². The van der Waals surface area contributed by atoms with Crippen LogP contribution in [-0.4, -0.2) is 0 Å². The second-order valence-corrected chi connectivity index (χ2v) is 5.26. The van der Waals surface area contributed by atoms with E-state index in [9.17, 15) is 0 Å². The van der Waals surface area contributed by atoms with Crippen LogP contribution in [0.3, 0.4) is 0 Å². The maximum Gasteiger partial charge on any atom is 0.329 e. The molecule has 1 rings (SSSR count). The molecule has 0 atom stereocenters. The molecule has 1 heterocycles. The maximum atomic E-state index is 5.88. The Hall–Kier alpha value is -0.850. The molecule has 15 heavy (non-hydrogen) atoms. The molecule has 0 unspecified atom stereocenters. The SMILES string of the molecule is Cc1cc(CC(C)C)[o+]c(CC(C)C)c1. The third kappa shape index (κ3) is 4.46. The van der Waals surface area contributed by atoms with Gasteiger partial charge in [0.05, 0.1) is 12.8 Å². The smallest absolute Gasteiger partial charge is 0.218 e. The Morgan fingerprint density at radius 2 is 1.33 bits per heavy atom. The fraction of sp³-hybridized carbons (Fsp3) is 0.643. The fourth-order valence-corrected chi connectivity index (χ4v) is 1.78. The highest BCUT2D eigenvalue weighted by Gasteiger charge is 2.16. The highest BCUT2D eigenvalue weighted by atomic mass is 16.3. The number of hydrogen-bond acceptors (Lipinski definition) is 0. The third-order valence-electron chi connectivity index (χ3n) is 2.26. The van der Waals surface area contributed by atoms with Gasteiger partial charge in [-0.2, -0.15) is 0 Å². The van der Waals surface area contributed by atoms with E-state index < -0.39 is 0 Å². The lowest BCUT2D eigenvalue weighted by Crippen LogP contribution is -1.99. The van der Waals surface area contributed by atoms with E-state index in [0.717, 1.165) is 24.4 Å². The average Bonchev–Trinajstić information content (AvgIpc) is 1.98. The average molecular weight is 207 g/mol. The molecule has 1 nitrogen and oxygen atoms in total. The van der Waals surface area contributed by atoms with Crippen LogP contribution in [-0.2, 0) is 12.8 Å². The molecule has 0 saturated heterocycles. The quantitative estimate of drug-likeness (QED) is 0.671. The molecule has 0 saturated carbocycles. The summed E-state index contributed by atoms with van der Waals surface area (Å²) >= 11 is 0. The van der Waals surface area contributed by atoms with Gasteiger partial charge in [-0.3, -0.25) is 0 Å². The molecule has 0 fully saturated rings. The molecule has 0 aliphatic rings. The van der Waals surface area contributed by atoms with Gasteiger partial charge in [-0.1, -0.05) is 27.7 Å². The molecule has 0 aromatic carbocycles. The summed E-state index contributed by atoms with van der Waals surface area (Å²) in [6.45, 7) is 11.0. The lowest BCUT2D eigenvalue weighted by atomic mass is 10.0. The van der Waals surface area contributed by atoms with Crippen LogP contribution in [0.25, 0.3) is 0 Å². The summed E-state index contributed by atoms with van der Waals surface area (Å²) < 4.78 is 5.88. The van der Waals surface area contributed by atoms with Crippen LogP contribution < -0.4 is 0 Å². The Morgan fingerprint density at radius 1 is 0.933 bits per heavy atom. The van der Waals surface area contributed by atoms with Crippen LogP contribution in [0.2, 0.25) is 0 Å². The van der Waals surface area contributed by atoms with Crippen LogP contribution >= 0.6 is 0 Å². The van der Waals surface area contributed by atoms with Gasteiger partial charge in [-0.25, -0.2) is 4.42 Å². The van der Waals surface area contributed by atoms with Gasteiger partial charge < -0.3 is 0 Å². The zero-order chi connectivity index (χ0) is 11.4. The molecule has 1 aromatic heterocycles. The first kappa shape index (κ1) is 12.2. The van der Waals surface area contributed by atoms with Crippen molar-refractivity contribution in [2.45, 2.75) is 47.5 Å². The maximum absolute atomic E-state index is 5.88. The minimum atomic E-state index is 0.655. The van der Waals surface area contributed by atoms with Crippen molar-refractivity contribution in [3.05, 3.63) is 29.2 Å². The monoisotopic (exact) mass is 207 g/mol. The Morgan fingerprint density at radius 3 is 1.67 bits per heavy atom. The molecule has 1 aromatic rings. The van der Waals surface area contributed by atoms with Crippen molar-refractivity contribution in [3.63, 3.8) is 0 Å². The van der Waals surface area contributed by atoms with Gasteiger partial charge in [0.1, 0.15) is 0 Å². The fourth-order valence-electron chi connectivity index (χ4n) is 1.78. The summed E-state index contributed by atoms with van der Waals surface area (Å²) in [5.74, 6) is 3.56. The molecule has 0 amide bonds. The standard InChI is InChI=1S/C14H23O/c1-10(2)6-13-8-12(5)9-14(15-13)7-11(3)4/h8-11H,6-7H2,1-5H3/q+1.